The highest BCUT2D eigenvalue weighted by atomic mass is 16.6. The fraction of sp³-hybridized carbons (Fsp3) is 0.469. The first-order valence-electron chi connectivity index (χ1n) is 13.4. The number of carbonyl (C=O) groups excluding carboxylic acids is 3. The smallest absolute Gasteiger partial charge is 0.408 e. The molecule has 0 spiro atoms. The Kier molecular flexibility index (Phi) is 10.8. The van der Waals surface area contributed by atoms with Crippen molar-refractivity contribution in [1.82, 2.24) is 10.2 Å². The van der Waals surface area contributed by atoms with Crippen molar-refractivity contribution < 1.29 is 23.9 Å². The summed E-state index contributed by atoms with van der Waals surface area (Å²) >= 11 is 0. The van der Waals surface area contributed by atoms with E-state index in [4.69, 9.17) is 15.9 Å². The summed E-state index contributed by atoms with van der Waals surface area (Å²) in [4.78, 5) is 42.7. The molecule has 0 saturated carbocycles. The average Bonchev–Trinajstić information content (AvgIpc) is 2.84. The van der Waals surface area contributed by atoms with Gasteiger partial charge in [0.15, 0.2) is 0 Å². The van der Waals surface area contributed by atoms with E-state index in [2.05, 4.69) is 16.6 Å². The van der Waals surface area contributed by atoms with E-state index in [0.717, 1.165) is 0 Å². The lowest BCUT2D eigenvalue weighted by Crippen LogP contribution is -2.58. The van der Waals surface area contributed by atoms with Gasteiger partial charge >= 0.3 is 6.09 Å². The van der Waals surface area contributed by atoms with Crippen LogP contribution in [-0.4, -0.2) is 47.1 Å². The largest absolute Gasteiger partial charge is 0.497 e. The quantitative estimate of drug-likeness (QED) is 0.378. The molecule has 0 fully saturated rings. The highest BCUT2D eigenvalue weighted by Crippen LogP contribution is 2.33. The molecule has 0 aromatic heterocycles. The number of ether oxygens (including phenoxy) is 2. The van der Waals surface area contributed by atoms with E-state index < -0.39 is 41.1 Å². The van der Waals surface area contributed by atoms with E-state index in [0.29, 0.717) is 29.0 Å². The normalized spacial score (nSPS) is 13.0. The molecule has 0 aliphatic carbocycles. The van der Waals surface area contributed by atoms with E-state index in [1.807, 2.05) is 34.6 Å². The number of benzene rings is 2. The van der Waals surface area contributed by atoms with Crippen LogP contribution in [0.1, 0.15) is 79.0 Å². The molecular formula is C32H43N3O5. The number of hydrogen-bond acceptors (Lipinski definition) is 5. The number of nitrogens with zero attached hydrogens (tertiary/aromatic N) is 1. The molecule has 0 aliphatic heterocycles. The molecule has 2 aromatic rings. The third-order valence-electron chi connectivity index (χ3n) is 5.93. The van der Waals surface area contributed by atoms with E-state index in [1.165, 1.54) is 4.90 Å². The van der Waals surface area contributed by atoms with Crippen LogP contribution in [0.25, 0.3) is 0 Å². The Labute approximate surface area is 238 Å². The van der Waals surface area contributed by atoms with Crippen LogP contribution >= 0.6 is 0 Å². The first-order chi connectivity index (χ1) is 18.6. The first-order valence-corrected chi connectivity index (χ1v) is 13.4. The van der Waals surface area contributed by atoms with Crippen LogP contribution in [0.15, 0.2) is 48.5 Å². The van der Waals surface area contributed by atoms with Gasteiger partial charge in [-0.1, -0.05) is 38.0 Å². The summed E-state index contributed by atoms with van der Waals surface area (Å²) < 4.78 is 10.7. The zero-order valence-corrected chi connectivity index (χ0v) is 25.1. The van der Waals surface area contributed by atoms with Gasteiger partial charge in [-0.15, -0.1) is 6.42 Å². The highest BCUT2D eigenvalue weighted by Gasteiger charge is 2.42. The van der Waals surface area contributed by atoms with Gasteiger partial charge in [-0.25, -0.2) is 4.79 Å². The lowest BCUT2D eigenvalue weighted by molar-refractivity contribution is -0.147. The van der Waals surface area contributed by atoms with Gasteiger partial charge < -0.3 is 25.0 Å². The molecule has 2 aromatic carbocycles. The number of hydrogen-bond donors (Lipinski definition) is 2. The van der Waals surface area contributed by atoms with Crippen LogP contribution in [0.3, 0.4) is 0 Å². The minimum atomic E-state index is -1.10. The molecule has 2 rings (SSSR count). The number of alkyl carbamates (subject to hydrolysis) is 1. The van der Waals surface area contributed by atoms with Crippen molar-refractivity contribution in [2.24, 2.45) is 5.92 Å². The number of carbonyl (C=O) groups is 3. The molecule has 2 unspecified atom stereocenters. The number of rotatable bonds is 9. The van der Waals surface area contributed by atoms with E-state index in [-0.39, 0.29) is 5.92 Å². The van der Waals surface area contributed by atoms with Crippen molar-refractivity contribution >= 4 is 23.6 Å². The van der Waals surface area contributed by atoms with Crippen molar-refractivity contribution in [3.05, 3.63) is 59.7 Å². The second-order valence-corrected chi connectivity index (χ2v) is 12.1. The maximum absolute atomic E-state index is 14.4. The second-order valence-electron chi connectivity index (χ2n) is 12.1. The monoisotopic (exact) mass is 549 g/mol. The number of nitrogens with one attached hydrogen (secondary N) is 2. The fourth-order valence-corrected chi connectivity index (χ4v) is 4.31. The van der Waals surface area contributed by atoms with Crippen molar-refractivity contribution in [3.8, 4) is 18.1 Å². The van der Waals surface area contributed by atoms with Gasteiger partial charge in [0.05, 0.1) is 7.11 Å². The number of anilines is 1. The van der Waals surface area contributed by atoms with Crippen molar-refractivity contribution in [2.45, 2.75) is 85.0 Å². The molecule has 8 heteroatoms. The summed E-state index contributed by atoms with van der Waals surface area (Å²) in [5.74, 6) is 2.49. The van der Waals surface area contributed by atoms with E-state index in [1.54, 1.807) is 76.4 Å². The lowest BCUT2D eigenvalue weighted by atomic mass is 9.91. The Morgan fingerprint density at radius 3 is 2.08 bits per heavy atom. The predicted molar refractivity (Wildman–Crippen MR) is 158 cm³/mol. The molecule has 8 nitrogen and oxygen atoms in total. The molecule has 0 radical (unpaired) electrons. The second kappa shape index (κ2) is 13.4. The van der Waals surface area contributed by atoms with Crippen LogP contribution in [0.2, 0.25) is 0 Å². The molecule has 0 bridgehead atoms. The van der Waals surface area contributed by atoms with Crippen LogP contribution < -0.4 is 15.4 Å². The molecule has 2 N–H and O–H groups in total. The van der Waals surface area contributed by atoms with Crippen molar-refractivity contribution in [1.29, 1.82) is 0 Å². The Balaban J connectivity index is 2.64. The fourth-order valence-electron chi connectivity index (χ4n) is 4.31. The summed E-state index contributed by atoms with van der Waals surface area (Å²) in [5.41, 5.74) is -0.0715. The zero-order valence-electron chi connectivity index (χ0n) is 25.1. The van der Waals surface area contributed by atoms with E-state index >= 15 is 0 Å². The van der Waals surface area contributed by atoms with Crippen molar-refractivity contribution in [3.63, 3.8) is 0 Å². The summed E-state index contributed by atoms with van der Waals surface area (Å²) in [6, 6.07) is 11.9. The average molecular weight is 550 g/mol. The Morgan fingerprint density at radius 1 is 0.975 bits per heavy atom. The number of methoxy groups -OCH3 is 1. The Bertz CT molecular complexity index is 1220. The van der Waals surface area contributed by atoms with Gasteiger partial charge in [-0.05, 0) is 89.8 Å². The summed E-state index contributed by atoms with van der Waals surface area (Å²) in [5, 5.41) is 5.69. The zero-order chi connectivity index (χ0) is 30.3. The Morgan fingerprint density at radius 2 is 1.57 bits per heavy atom. The van der Waals surface area contributed by atoms with Crippen LogP contribution in [-0.2, 0) is 14.3 Å². The minimum absolute atomic E-state index is 0.0651. The molecule has 2 atom stereocenters. The third kappa shape index (κ3) is 9.04. The standard InChI is InChI=1S/C32H43N3O5/c1-11-22-14-12-13-15-25(22)27(28(36)33-23-16-18-24(39-10)19-17-23)35(31(4,5)6)29(37)26(20-21(2)3)34-30(38)40-32(7,8)9/h1,12-19,21,26-27H,20H2,2-10H3,(H,33,36)(H,34,38). The first kappa shape index (κ1) is 32.2. The van der Waals surface area contributed by atoms with Gasteiger partial charge in [0.1, 0.15) is 23.4 Å². The predicted octanol–water partition coefficient (Wildman–Crippen LogP) is 5.92. The van der Waals surface area contributed by atoms with Crippen LogP contribution in [0.4, 0.5) is 10.5 Å². The molecule has 3 amide bonds. The van der Waals surface area contributed by atoms with Crippen molar-refractivity contribution in [2.75, 3.05) is 12.4 Å². The summed E-state index contributed by atoms with van der Waals surface area (Å²) in [7, 11) is 1.56. The topological polar surface area (TPSA) is 97.0 Å². The van der Waals surface area contributed by atoms with Gasteiger partial charge in [0.2, 0.25) is 5.91 Å². The molecule has 0 saturated heterocycles. The minimum Gasteiger partial charge on any atom is -0.497 e. The van der Waals surface area contributed by atoms with Crippen LogP contribution in [0, 0.1) is 18.3 Å². The van der Waals surface area contributed by atoms with Gasteiger partial charge in [0.25, 0.3) is 5.91 Å². The third-order valence-corrected chi connectivity index (χ3v) is 5.93. The molecule has 0 aliphatic rings. The molecular weight excluding hydrogens is 506 g/mol. The maximum Gasteiger partial charge on any atom is 0.408 e. The molecule has 40 heavy (non-hydrogen) atoms. The van der Waals surface area contributed by atoms with Gasteiger partial charge in [-0.3, -0.25) is 9.59 Å². The SMILES string of the molecule is C#Cc1ccccc1C(C(=O)Nc1ccc(OC)cc1)N(C(=O)C(CC(C)C)NC(=O)OC(C)(C)C)C(C)(C)C. The maximum atomic E-state index is 14.4. The number of amides is 3. The Hall–Kier alpha value is -3.99. The lowest BCUT2D eigenvalue weighted by Gasteiger charge is -2.43. The van der Waals surface area contributed by atoms with Crippen LogP contribution in [0.5, 0.6) is 5.75 Å². The summed E-state index contributed by atoms with van der Waals surface area (Å²) in [6.07, 6.45) is 5.47. The summed E-state index contributed by atoms with van der Waals surface area (Å²) in [6.45, 7) is 14.7. The van der Waals surface area contributed by atoms with E-state index in [9.17, 15) is 14.4 Å². The van der Waals surface area contributed by atoms with Gasteiger partial charge in [0, 0.05) is 16.8 Å². The van der Waals surface area contributed by atoms with Gasteiger partial charge in [-0.2, -0.15) is 0 Å². The highest BCUT2D eigenvalue weighted by molar-refractivity contribution is 5.99. The molecule has 0 heterocycles. The molecule has 216 valence electrons. The number of terminal acetylenes is 1.